The van der Waals surface area contributed by atoms with E-state index in [1.54, 1.807) is 12.1 Å². The van der Waals surface area contributed by atoms with Crippen LogP contribution in [0.5, 0.6) is 0 Å². The Morgan fingerprint density at radius 3 is 2.57 bits per heavy atom. The molecule has 2 aromatic rings. The highest BCUT2D eigenvalue weighted by molar-refractivity contribution is 6.09. The summed E-state index contributed by atoms with van der Waals surface area (Å²) in [6.07, 6.45) is 5.53. The van der Waals surface area contributed by atoms with Crippen molar-refractivity contribution < 1.29 is 9.18 Å². The zero-order valence-corrected chi connectivity index (χ0v) is 12.4. The fourth-order valence-corrected chi connectivity index (χ4v) is 3.72. The molecule has 2 aromatic carbocycles. The number of ketones is 1. The summed E-state index contributed by atoms with van der Waals surface area (Å²) in [4.78, 5) is 13.0. The van der Waals surface area contributed by atoms with Gasteiger partial charge < -0.3 is 0 Å². The summed E-state index contributed by atoms with van der Waals surface area (Å²) in [6, 6.07) is 10.4. The maximum absolute atomic E-state index is 13.9. The third kappa shape index (κ3) is 2.59. The summed E-state index contributed by atoms with van der Waals surface area (Å²) in [7, 11) is 0. The standard InChI is InChI=1S/C19H21FO/c1-2-13-7-3-4-8-14(13)19(21)17-11-12-18(20)16-10-6-5-9-15(16)17/h5-6,9-14H,2-4,7-8H2,1H3. The molecule has 1 nitrogen and oxygen atoms in total. The van der Waals surface area contributed by atoms with Gasteiger partial charge in [0.1, 0.15) is 5.82 Å². The fourth-order valence-electron chi connectivity index (χ4n) is 3.72. The quantitative estimate of drug-likeness (QED) is 0.692. The van der Waals surface area contributed by atoms with Crippen LogP contribution in [0.3, 0.4) is 0 Å². The second kappa shape index (κ2) is 5.97. The van der Waals surface area contributed by atoms with Crippen LogP contribution in [0.4, 0.5) is 4.39 Å². The smallest absolute Gasteiger partial charge is 0.166 e. The van der Waals surface area contributed by atoms with E-state index in [9.17, 15) is 9.18 Å². The topological polar surface area (TPSA) is 17.1 Å². The lowest BCUT2D eigenvalue weighted by atomic mass is 9.74. The number of carbonyl (C=O) groups excluding carboxylic acids is 1. The van der Waals surface area contributed by atoms with Crippen molar-refractivity contribution in [2.24, 2.45) is 11.8 Å². The van der Waals surface area contributed by atoms with Crippen LogP contribution >= 0.6 is 0 Å². The lowest BCUT2D eigenvalue weighted by molar-refractivity contribution is 0.0822. The van der Waals surface area contributed by atoms with Crippen LogP contribution in [0.1, 0.15) is 49.4 Å². The van der Waals surface area contributed by atoms with Gasteiger partial charge in [0.05, 0.1) is 0 Å². The molecule has 2 atom stereocenters. The summed E-state index contributed by atoms with van der Waals surface area (Å²) >= 11 is 0. The average Bonchev–Trinajstić information content (AvgIpc) is 2.55. The Hall–Kier alpha value is -1.70. The molecule has 1 saturated carbocycles. The van der Waals surface area contributed by atoms with E-state index in [4.69, 9.17) is 0 Å². The SMILES string of the molecule is CCC1CCCCC1C(=O)c1ccc(F)c2ccccc12. The molecule has 2 heteroatoms. The lowest BCUT2D eigenvalue weighted by Gasteiger charge is -2.30. The van der Waals surface area contributed by atoms with Crippen molar-refractivity contribution in [3.63, 3.8) is 0 Å². The van der Waals surface area contributed by atoms with Crippen LogP contribution in [0.15, 0.2) is 36.4 Å². The van der Waals surface area contributed by atoms with Crippen molar-refractivity contribution in [2.75, 3.05) is 0 Å². The average molecular weight is 284 g/mol. The minimum Gasteiger partial charge on any atom is -0.294 e. The Labute approximate surface area is 125 Å². The van der Waals surface area contributed by atoms with Crippen LogP contribution in [0.25, 0.3) is 10.8 Å². The zero-order valence-electron chi connectivity index (χ0n) is 12.4. The van der Waals surface area contributed by atoms with Gasteiger partial charge >= 0.3 is 0 Å². The molecule has 0 spiro atoms. The molecule has 1 aliphatic rings. The molecule has 0 radical (unpaired) electrons. The number of halogens is 1. The van der Waals surface area contributed by atoms with Crippen molar-refractivity contribution in [1.82, 2.24) is 0 Å². The first-order chi connectivity index (χ1) is 10.2. The third-order valence-corrected chi connectivity index (χ3v) is 4.91. The Morgan fingerprint density at radius 2 is 1.81 bits per heavy atom. The van der Waals surface area contributed by atoms with Gasteiger partial charge in [-0.2, -0.15) is 0 Å². The molecule has 1 fully saturated rings. The highest BCUT2D eigenvalue weighted by atomic mass is 19.1. The summed E-state index contributed by atoms with van der Waals surface area (Å²) in [5, 5.41) is 1.30. The summed E-state index contributed by atoms with van der Waals surface area (Å²) in [6.45, 7) is 2.17. The number of hydrogen-bond acceptors (Lipinski definition) is 1. The minimum absolute atomic E-state index is 0.109. The molecule has 0 N–H and O–H groups in total. The zero-order chi connectivity index (χ0) is 14.8. The third-order valence-electron chi connectivity index (χ3n) is 4.91. The predicted molar refractivity (Wildman–Crippen MR) is 84.0 cm³/mol. The van der Waals surface area contributed by atoms with Crippen LogP contribution in [-0.4, -0.2) is 5.78 Å². The molecular weight excluding hydrogens is 263 g/mol. The number of hydrogen-bond donors (Lipinski definition) is 0. The summed E-state index contributed by atoms with van der Waals surface area (Å²) < 4.78 is 13.9. The van der Waals surface area contributed by atoms with Gasteiger partial charge in [-0.15, -0.1) is 0 Å². The van der Waals surface area contributed by atoms with Crippen molar-refractivity contribution in [3.05, 3.63) is 47.8 Å². The van der Waals surface area contributed by atoms with Gasteiger partial charge in [-0.05, 0) is 36.3 Å². The van der Waals surface area contributed by atoms with Gasteiger partial charge in [0.25, 0.3) is 0 Å². The molecule has 0 amide bonds. The van der Waals surface area contributed by atoms with E-state index in [1.165, 1.54) is 12.5 Å². The Morgan fingerprint density at radius 1 is 1.10 bits per heavy atom. The first-order valence-corrected chi connectivity index (χ1v) is 7.94. The van der Waals surface area contributed by atoms with Gasteiger partial charge in [0.15, 0.2) is 5.78 Å². The number of carbonyl (C=O) groups is 1. The molecule has 110 valence electrons. The van der Waals surface area contributed by atoms with Gasteiger partial charge in [-0.3, -0.25) is 4.79 Å². The minimum atomic E-state index is -0.252. The number of benzene rings is 2. The fraction of sp³-hybridized carbons (Fsp3) is 0.421. The number of fused-ring (bicyclic) bond motifs is 1. The maximum atomic E-state index is 13.9. The van der Waals surface area contributed by atoms with Crippen LogP contribution < -0.4 is 0 Å². The molecule has 0 aromatic heterocycles. The van der Waals surface area contributed by atoms with E-state index >= 15 is 0 Å². The molecule has 0 heterocycles. The van der Waals surface area contributed by atoms with E-state index in [1.807, 2.05) is 18.2 Å². The van der Waals surface area contributed by atoms with Crippen molar-refractivity contribution in [1.29, 1.82) is 0 Å². The maximum Gasteiger partial charge on any atom is 0.166 e. The molecule has 0 aliphatic heterocycles. The van der Waals surface area contributed by atoms with Crippen molar-refractivity contribution in [3.8, 4) is 0 Å². The largest absolute Gasteiger partial charge is 0.294 e. The normalized spacial score (nSPS) is 22.4. The summed E-state index contributed by atoms with van der Waals surface area (Å²) in [5.74, 6) is 0.545. The van der Waals surface area contributed by atoms with Gasteiger partial charge in [-0.25, -0.2) is 4.39 Å². The van der Waals surface area contributed by atoms with Crippen LogP contribution in [0, 0.1) is 17.7 Å². The van der Waals surface area contributed by atoms with Crippen molar-refractivity contribution in [2.45, 2.75) is 39.0 Å². The molecule has 1 aliphatic carbocycles. The molecular formula is C19H21FO. The summed E-state index contributed by atoms with van der Waals surface area (Å²) in [5.41, 5.74) is 0.692. The predicted octanol–water partition coefficient (Wildman–Crippen LogP) is 5.38. The van der Waals surface area contributed by atoms with E-state index < -0.39 is 0 Å². The second-order valence-electron chi connectivity index (χ2n) is 6.06. The van der Waals surface area contributed by atoms with E-state index in [0.717, 1.165) is 31.1 Å². The Bertz CT molecular complexity index is 662. The first-order valence-electron chi connectivity index (χ1n) is 7.94. The molecule has 2 unspecified atom stereocenters. The van der Waals surface area contributed by atoms with Crippen LogP contribution in [0.2, 0.25) is 0 Å². The first kappa shape index (κ1) is 14.2. The second-order valence-corrected chi connectivity index (χ2v) is 6.06. The number of Topliss-reactive ketones (excluding diaryl/α,β-unsaturated/α-hetero) is 1. The van der Waals surface area contributed by atoms with Gasteiger partial charge in [0, 0.05) is 16.9 Å². The van der Waals surface area contributed by atoms with Crippen molar-refractivity contribution >= 4 is 16.6 Å². The molecule has 0 saturated heterocycles. The highest BCUT2D eigenvalue weighted by Crippen LogP contribution is 2.36. The van der Waals surface area contributed by atoms with Gasteiger partial charge in [0.2, 0.25) is 0 Å². The van der Waals surface area contributed by atoms with E-state index in [-0.39, 0.29) is 17.5 Å². The highest BCUT2D eigenvalue weighted by Gasteiger charge is 2.31. The van der Waals surface area contributed by atoms with Gasteiger partial charge in [-0.1, -0.05) is 50.5 Å². The van der Waals surface area contributed by atoms with E-state index in [2.05, 4.69) is 6.92 Å². The Balaban J connectivity index is 2.03. The molecule has 21 heavy (non-hydrogen) atoms. The number of rotatable bonds is 3. The van der Waals surface area contributed by atoms with E-state index in [0.29, 0.717) is 16.9 Å². The lowest BCUT2D eigenvalue weighted by Crippen LogP contribution is -2.27. The molecule has 3 rings (SSSR count). The monoisotopic (exact) mass is 284 g/mol. The van der Waals surface area contributed by atoms with Crippen LogP contribution in [-0.2, 0) is 0 Å². The Kier molecular flexibility index (Phi) is 4.05. The molecule has 0 bridgehead atoms.